The van der Waals surface area contributed by atoms with Gasteiger partial charge in [0, 0.05) is 23.8 Å². The molecule has 3 rings (SSSR count). The van der Waals surface area contributed by atoms with Crippen molar-refractivity contribution in [3.8, 4) is 0 Å². The number of carbonyl (C=O) groups excluding carboxylic acids is 1. The van der Waals surface area contributed by atoms with Gasteiger partial charge in [-0.15, -0.1) is 0 Å². The lowest BCUT2D eigenvalue weighted by Gasteiger charge is -2.24. The monoisotopic (exact) mass is 371 g/mol. The Morgan fingerprint density at radius 2 is 1.81 bits per heavy atom. The van der Waals surface area contributed by atoms with Crippen molar-refractivity contribution in [2.24, 2.45) is 10.8 Å². The van der Waals surface area contributed by atoms with Crippen LogP contribution in [0.3, 0.4) is 0 Å². The number of rotatable bonds is 6. The highest BCUT2D eigenvalue weighted by Crippen LogP contribution is 2.65. The summed E-state index contributed by atoms with van der Waals surface area (Å²) in [5.74, 6) is -0.142. The second-order valence-corrected chi connectivity index (χ2v) is 8.51. The zero-order chi connectivity index (χ0) is 18.9. The Morgan fingerprint density at radius 3 is 2.31 bits per heavy atom. The maximum atomic E-state index is 13.1. The van der Waals surface area contributed by atoms with Crippen LogP contribution in [0, 0.1) is 10.8 Å². The van der Waals surface area contributed by atoms with Crippen molar-refractivity contribution in [1.29, 1.82) is 0 Å². The van der Waals surface area contributed by atoms with E-state index in [0.29, 0.717) is 11.4 Å². The molecular formula is C22H26ClNO2. The maximum absolute atomic E-state index is 13.1. The van der Waals surface area contributed by atoms with Gasteiger partial charge in [0.1, 0.15) is 0 Å². The van der Waals surface area contributed by atoms with E-state index in [1.807, 2.05) is 67.2 Å². The van der Waals surface area contributed by atoms with Crippen LogP contribution in [0.1, 0.15) is 45.9 Å². The average Bonchev–Trinajstić information content (AvgIpc) is 2.92. The minimum atomic E-state index is -0.517. The first kappa shape index (κ1) is 18.8. The third-order valence-electron chi connectivity index (χ3n) is 5.23. The third kappa shape index (κ3) is 3.73. The first-order valence-corrected chi connectivity index (χ1v) is 9.35. The maximum Gasteiger partial charge on any atom is 0.318 e. The predicted octanol–water partition coefficient (Wildman–Crippen LogP) is 5.81. The highest BCUT2D eigenvalue weighted by molar-refractivity contribution is 6.30. The number of ether oxygens (including phenoxy) is 1. The van der Waals surface area contributed by atoms with Gasteiger partial charge in [0.25, 0.3) is 0 Å². The Labute approximate surface area is 160 Å². The van der Waals surface area contributed by atoms with Gasteiger partial charge in [-0.25, -0.2) is 0 Å². The number of esters is 1. The molecule has 4 heteroatoms. The van der Waals surface area contributed by atoms with Crippen LogP contribution in [0.5, 0.6) is 0 Å². The van der Waals surface area contributed by atoms with E-state index in [0.717, 1.165) is 17.6 Å². The highest BCUT2D eigenvalue weighted by atomic mass is 35.5. The number of carbonyl (C=O) groups is 1. The van der Waals surface area contributed by atoms with Gasteiger partial charge >= 0.3 is 5.97 Å². The summed E-state index contributed by atoms with van der Waals surface area (Å²) < 4.78 is 7.98. The molecule has 1 aliphatic rings. The summed E-state index contributed by atoms with van der Waals surface area (Å²) in [6.07, 6.45) is 6.98. The number of hydrogen-bond donors (Lipinski definition) is 0. The fourth-order valence-corrected chi connectivity index (χ4v) is 3.72. The molecule has 1 aromatic heterocycles. The summed E-state index contributed by atoms with van der Waals surface area (Å²) in [6, 6.07) is 11.5. The van der Waals surface area contributed by atoms with Crippen LogP contribution < -0.4 is 0 Å². The van der Waals surface area contributed by atoms with Crippen LogP contribution in [0.15, 0.2) is 60.4 Å². The van der Waals surface area contributed by atoms with Crippen molar-refractivity contribution >= 4 is 17.6 Å². The van der Waals surface area contributed by atoms with Gasteiger partial charge in [0.15, 0.2) is 6.23 Å². The zero-order valence-electron chi connectivity index (χ0n) is 15.8. The van der Waals surface area contributed by atoms with E-state index >= 15 is 0 Å². The van der Waals surface area contributed by atoms with Gasteiger partial charge in [0.2, 0.25) is 0 Å². The first-order valence-electron chi connectivity index (χ1n) is 8.98. The molecule has 2 aromatic rings. The molecule has 0 radical (unpaired) electrons. The standard InChI is InChI=1S/C22H26ClNO2/c1-16(2)14-22(15-21(22,3)4)20(25)26-19(24-11-5-6-12-24)13-17-7-9-18(23)10-8-17/h5-12,14,19H,13,15H2,1-4H3. The van der Waals surface area contributed by atoms with Gasteiger partial charge in [0.05, 0.1) is 5.41 Å². The van der Waals surface area contributed by atoms with E-state index in [-0.39, 0.29) is 17.6 Å². The molecule has 0 amide bonds. The summed E-state index contributed by atoms with van der Waals surface area (Å²) in [5, 5.41) is 0.700. The Bertz CT molecular complexity index is 801. The molecule has 1 heterocycles. The molecule has 0 aliphatic heterocycles. The number of halogens is 1. The molecule has 26 heavy (non-hydrogen) atoms. The molecule has 138 valence electrons. The normalized spacial score (nSPS) is 21.7. The van der Waals surface area contributed by atoms with Crippen molar-refractivity contribution in [2.75, 3.05) is 0 Å². The Kier molecular flexibility index (Phi) is 5.03. The molecule has 0 spiro atoms. The van der Waals surface area contributed by atoms with E-state index in [1.54, 1.807) is 0 Å². The Balaban J connectivity index is 1.83. The average molecular weight is 372 g/mol. The summed E-state index contributed by atoms with van der Waals surface area (Å²) in [4.78, 5) is 13.1. The van der Waals surface area contributed by atoms with Crippen molar-refractivity contribution in [1.82, 2.24) is 4.57 Å². The molecule has 1 saturated carbocycles. The second kappa shape index (κ2) is 6.96. The topological polar surface area (TPSA) is 31.2 Å². The quantitative estimate of drug-likeness (QED) is 0.474. The van der Waals surface area contributed by atoms with Gasteiger partial charge in [-0.05, 0) is 55.5 Å². The van der Waals surface area contributed by atoms with Crippen LogP contribution in [-0.4, -0.2) is 10.5 Å². The smallest absolute Gasteiger partial charge is 0.318 e. The van der Waals surface area contributed by atoms with Gasteiger partial charge in [-0.1, -0.05) is 49.2 Å². The molecule has 0 bridgehead atoms. The molecule has 1 fully saturated rings. The van der Waals surface area contributed by atoms with Crippen molar-refractivity contribution < 1.29 is 9.53 Å². The summed E-state index contributed by atoms with van der Waals surface area (Å²) in [7, 11) is 0. The van der Waals surface area contributed by atoms with Crippen molar-refractivity contribution in [2.45, 2.75) is 46.8 Å². The number of aromatic nitrogens is 1. The van der Waals surface area contributed by atoms with E-state index in [9.17, 15) is 4.79 Å². The number of hydrogen-bond acceptors (Lipinski definition) is 2. The van der Waals surface area contributed by atoms with Crippen molar-refractivity contribution in [3.05, 3.63) is 71.0 Å². The largest absolute Gasteiger partial charge is 0.440 e. The molecule has 0 saturated heterocycles. The fourth-order valence-electron chi connectivity index (χ4n) is 3.60. The number of benzene rings is 1. The lowest BCUT2D eigenvalue weighted by atomic mass is 9.94. The van der Waals surface area contributed by atoms with E-state index in [4.69, 9.17) is 16.3 Å². The molecule has 3 nitrogen and oxygen atoms in total. The summed E-state index contributed by atoms with van der Waals surface area (Å²) >= 11 is 5.98. The van der Waals surface area contributed by atoms with Crippen LogP contribution in [0.25, 0.3) is 0 Å². The Morgan fingerprint density at radius 1 is 1.23 bits per heavy atom. The SMILES string of the molecule is CC(C)=CC1(C(=O)OC(Cc2ccc(Cl)cc2)n2cccc2)CC1(C)C. The number of allylic oxidation sites excluding steroid dienone is 1. The summed E-state index contributed by atoms with van der Waals surface area (Å²) in [6.45, 7) is 8.30. The lowest BCUT2D eigenvalue weighted by Crippen LogP contribution is -2.27. The highest BCUT2D eigenvalue weighted by Gasteiger charge is 2.66. The fraction of sp³-hybridized carbons (Fsp3) is 0.409. The zero-order valence-corrected chi connectivity index (χ0v) is 16.6. The molecule has 1 aromatic carbocycles. The van der Waals surface area contributed by atoms with E-state index in [1.165, 1.54) is 0 Å². The molecule has 2 unspecified atom stereocenters. The van der Waals surface area contributed by atoms with Gasteiger partial charge in [-0.2, -0.15) is 0 Å². The van der Waals surface area contributed by atoms with Crippen LogP contribution >= 0.6 is 11.6 Å². The second-order valence-electron chi connectivity index (χ2n) is 8.07. The minimum absolute atomic E-state index is 0.0666. The van der Waals surface area contributed by atoms with Crippen LogP contribution in [0.4, 0.5) is 0 Å². The molecule has 1 aliphatic carbocycles. The van der Waals surface area contributed by atoms with E-state index < -0.39 is 5.41 Å². The van der Waals surface area contributed by atoms with Crippen molar-refractivity contribution in [3.63, 3.8) is 0 Å². The molecule has 2 atom stereocenters. The Hall–Kier alpha value is -2.00. The molecule has 0 N–H and O–H groups in total. The van der Waals surface area contributed by atoms with Gasteiger partial charge in [-0.3, -0.25) is 4.79 Å². The predicted molar refractivity (Wildman–Crippen MR) is 105 cm³/mol. The number of nitrogens with zero attached hydrogens (tertiary/aromatic N) is 1. The van der Waals surface area contributed by atoms with Crippen LogP contribution in [-0.2, 0) is 16.0 Å². The lowest BCUT2D eigenvalue weighted by molar-refractivity contribution is -0.160. The minimum Gasteiger partial charge on any atom is -0.440 e. The van der Waals surface area contributed by atoms with Crippen LogP contribution in [0.2, 0.25) is 5.02 Å². The van der Waals surface area contributed by atoms with Gasteiger partial charge < -0.3 is 9.30 Å². The first-order chi connectivity index (χ1) is 12.2. The molecular weight excluding hydrogens is 346 g/mol. The van der Waals surface area contributed by atoms with E-state index in [2.05, 4.69) is 19.9 Å². The third-order valence-corrected chi connectivity index (χ3v) is 5.48. The summed E-state index contributed by atoms with van der Waals surface area (Å²) in [5.41, 5.74) is 1.63.